The van der Waals surface area contributed by atoms with Crippen molar-refractivity contribution in [1.29, 1.82) is 0 Å². The van der Waals surface area contributed by atoms with Crippen molar-refractivity contribution in [1.82, 2.24) is 4.90 Å². The Hall–Kier alpha value is -1.42. The third-order valence-electron chi connectivity index (χ3n) is 4.11. The second-order valence-corrected chi connectivity index (χ2v) is 5.40. The van der Waals surface area contributed by atoms with Gasteiger partial charge in [-0.05, 0) is 50.0 Å². The maximum absolute atomic E-state index is 13.3. The Morgan fingerprint density at radius 1 is 1.40 bits per heavy atom. The lowest BCUT2D eigenvalue weighted by molar-refractivity contribution is 0.0891. The van der Waals surface area contributed by atoms with Crippen molar-refractivity contribution in [3.63, 3.8) is 0 Å². The van der Waals surface area contributed by atoms with Crippen LogP contribution in [0.3, 0.4) is 0 Å². The number of benzene rings is 1. The average molecular weight is 279 g/mol. The van der Waals surface area contributed by atoms with Gasteiger partial charge in [-0.2, -0.15) is 0 Å². The van der Waals surface area contributed by atoms with Crippen molar-refractivity contribution in [2.75, 3.05) is 26.7 Å². The van der Waals surface area contributed by atoms with Crippen molar-refractivity contribution in [3.05, 3.63) is 29.6 Å². The van der Waals surface area contributed by atoms with Crippen LogP contribution in [0.2, 0.25) is 0 Å². The minimum absolute atomic E-state index is 0.0729. The fourth-order valence-electron chi connectivity index (χ4n) is 2.74. The minimum atomic E-state index is -0.404. The number of ether oxygens (including phenoxy) is 1. The van der Waals surface area contributed by atoms with E-state index in [1.807, 2.05) is 0 Å². The predicted octanol–water partition coefficient (Wildman–Crippen LogP) is 3.14. The van der Waals surface area contributed by atoms with Crippen molar-refractivity contribution < 1.29 is 13.9 Å². The summed E-state index contributed by atoms with van der Waals surface area (Å²) >= 11 is 0. The van der Waals surface area contributed by atoms with Crippen molar-refractivity contribution in [2.24, 2.45) is 5.92 Å². The van der Waals surface area contributed by atoms with E-state index in [2.05, 4.69) is 11.8 Å². The van der Waals surface area contributed by atoms with E-state index in [-0.39, 0.29) is 5.78 Å². The maximum atomic E-state index is 13.3. The first-order valence-electron chi connectivity index (χ1n) is 7.23. The molecule has 0 aromatic heterocycles. The molecule has 1 aromatic carbocycles. The van der Waals surface area contributed by atoms with Crippen LogP contribution in [-0.2, 0) is 0 Å². The van der Waals surface area contributed by atoms with Gasteiger partial charge in [0.05, 0.1) is 19.2 Å². The van der Waals surface area contributed by atoms with Crippen LogP contribution in [0, 0.1) is 11.7 Å². The first kappa shape index (κ1) is 15.0. The smallest absolute Gasteiger partial charge is 0.180 e. The minimum Gasteiger partial charge on any atom is -0.496 e. The number of methoxy groups -OCH3 is 1. The first-order chi connectivity index (χ1) is 9.63. The van der Waals surface area contributed by atoms with E-state index in [4.69, 9.17) is 4.74 Å². The largest absolute Gasteiger partial charge is 0.496 e. The summed E-state index contributed by atoms with van der Waals surface area (Å²) in [5.74, 6) is 0.750. The highest BCUT2D eigenvalue weighted by Gasteiger charge is 2.21. The number of carbonyl (C=O) groups is 1. The van der Waals surface area contributed by atoms with Gasteiger partial charge in [0.15, 0.2) is 5.78 Å². The lowest BCUT2D eigenvalue weighted by Gasteiger charge is -2.30. The molecule has 0 spiro atoms. The van der Waals surface area contributed by atoms with E-state index in [0.717, 1.165) is 31.8 Å². The summed E-state index contributed by atoms with van der Waals surface area (Å²) < 4.78 is 18.4. The van der Waals surface area contributed by atoms with E-state index in [1.165, 1.54) is 31.7 Å². The summed E-state index contributed by atoms with van der Waals surface area (Å²) in [6, 6.07) is 4.08. The fraction of sp³-hybridized carbons (Fsp3) is 0.562. The highest BCUT2D eigenvalue weighted by molar-refractivity contribution is 6.00. The number of rotatable bonds is 5. The number of Topliss-reactive ketones (excluding diaryl/α,β-unsaturated/α-hetero) is 1. The molecule has 4 heteroatoms. The molecule has 0 N–H and O–H groups in total. The van der Waals surface area contributed by atoms with Crippen LogP contribution in [0.25, 0.3) is 0 Å². The number of hydrogen-bond acceptors (Lipinski definition) is 3. The molecule has 0 saturated carbocycles. The van der Waals surface area contributed by atoms with Gasteiger partial charge in [-0.25, -0.2) is 4.39 Å². The molecule has 0 atom stereocenters. The lowest BCUT2D eigenvalue weighted by atomic mass is 9.94. The number of halogens is 1. The van der Waals surface area contributed by atoms with E-state index < -0.39 is 5.82 Å². The van der Waals surface area contributed by atoms with Crippen LogP contribution >= 0.6 is 0 Å². The van der Waals surface area contributed by atoms with Gasteiger partial charge in [0.1, 0.15) is 11.6 Å². The molecule has 20 heavy (non-hydrogen) atoms. The Labute approximate surface area is 119 Å². The fourth-order valence-corrected chi connectivity index (χ4v) is 2.74. The van der Waals surface area contributed by atoms with E-state index in [9.17, 15) is 9.18 Å². The van der Waals surface area contributed by atoms with Gasteiger partial charge < -0.3 is 4.74 Å². The Morgan fingerprint density at radius 3 is 2.70 bits per heavy atom. The van der Waals surface area contributed by atoms with Crippen LogP contribution in [0.15, 0.2) is 18.2 Å². The topological polar surface area (TPSA) is 29.5 Å². The number of carbonyl (C=O) groups excluding carboxylic acids is 1. The molecule has 2 rings (SSSR count). The number of nitrogens with zero attached hydrogens (tertiary/aromatic N) is 1. The normalized spacial score (nSPS) is 17.1. The summed E-state index contributed by atoms with van der Waals surface area (Å²) in [4.78, 5) is 14.5. The molecule has 0 aliphatic carbocycles. The molecule has 1 aliphatic heterocycles. The molecule has 1 aliphatic rings. The van der Waals surface area contributed by atoms with Crippen LogP contribution in [0.4, 0.5) is 4.39 Å². The number of hydrogen-bond donors (Lipinski definition) is 0. The number of piperidine rings is 1. The second-order valence-electron chi connectivity index (χ2n) is 5.40. The molecule has 110 valence electrons. The SMILES string of the molecule is CCC1CCN(CC(=O)c2cc(F)ccc2OC)CC1. The summed E-state index contributed by atoms with van der Waals surface area (Å²) in [6.45, 7) is 4.45. The molecule has 1 aromatic rings. The predicted molar refractivity (Wildman–Crippen MR) is 76.7 cm³/mol. The molecule has 0 radical (unpaired) electrons. The Morgan fingerprint density at radius 2 is 2.10 bits per heavy atom. The first-order valence-corrected chi connectivity index (χ1v) is 7.23. The Bertz CT molecular complexity index is 468. The van der Waals surface area contributed by atoms with E-state index >= 15 is 0 Å². The van der Waals surface area contributed by atoms with E-state index in [0.29, 0.717) is 17.9 Å². The van der Waals surface area contributed by atoms with Crippen molar-refractivity contribution in [2.45, 2.75) is 26.2 Å². The lowest BCUT2D eigenvalue weighted by Crippen LogP contribution is -2.37. The van der Waals surface area contributed by atoms with Gasteiger partial charge in [0.25, 0.3) is 0 Å². The Kier molecular flexibility index (Phi) is 5.12. The molecular weight excluding hydrogens is 257 g/mol. The maximum Gasteiger partial charge on any atom is 0.180 e. The molecule has 1 fully saturated rings. The number of likely N-dealkylation sites (tertiary alicyclic amines) is 1. The van der Waals surface area contributed by atoms with Crippen molar-refractivity contribution in [3.8, 4) is 5.75 Å². The highest BCUT2D eigenvalue weighted by Crippen LogP contribution is 2.23. The zero-order valence-electron chi connectivity index (χ0n) is 12.2. The number of ketones is 1. The van der Waals surface area contributed by atoms with Crippen LogP contribution in [0.5, 0.6) is 5.75 Å². The molecular formula is C16H22FNO2. The Balaban J connectivity index is 2.00. The summed E-state index contributed by atoms with van der Waals surface area (Å²) in [5.41, 5.74) is 0.338. The van der Waals surface area contributed by atoms with Gasteiger partial charge in [-0.1, -0.05) is 13.3 Å². The molecule has 0 unspecified atom stereocenters. The van der Waals surface area contributed by atoms with Gasteiger partial charge in [-0.15, -0.1) is 0 Å². The summed E-state index contributed by atoms with van der Waals surface area (Å²) in [5, 5.41) is 0. The van der Waals surface area contributed by atoms with Gasteiger partial charge >= 0.3 is 0 Å². The van der Waals surface area contributed by atoms with E-state index in [1.54, 1.807) is 0 Å². The quantitative estimate of drug-likeness (QED) is 0.776. The highest BCUT2D eigenvalue weighted by atomic mass is 19.1. The molecule has 0 bridgehead atoms. The monoisotopic (exact) mass is 279 g/mol. The standard InChI is InChI=1S/C16H22FNO2/c1-3-12-6-8-18(9-7-12)11-15(19)14-10-13(17)4-5-16(14)20-2/h4-5,10,12H,3,6-9,11H2,1-2H3. The van der Waals surface area contributed by atoms with Gasteiger partial charge in [0.2, 0.25) is 0 Å². The average Bonchev–Trinajstić information content (AvgIpc) is 2.48. The molecule has 3 nitrogen and oxygen atoms in total. The third kappa shape index (κ3) is 3.57. The third-order valence-corrected chi connectivity index (χ3v) is 4.11. The second kappa shape index (κ2) is 6.84. The van der Waals surface area contributed by atoms with Crippen LogP contribution in [0.1, 0.15) is 36.5 Å². The van der Waals surface area contributed by atoms with Gasteiger partial charge in [-0.3, -0.25) is 9.69 Å². The summed E-state index contributed by atoms with van der Waals surface area (Å²) in [7, 11) is 1.50. The van der Waals surface area contributed by atoms with Crippen LogP contribution < -0.4 is 4.74 Å². The zero-order chi connectivity index (χ0) is 14.5. The molecule has 1 saturated heterocycles. The summed E-state index contributed by atoms with van der Waals surface area (Å²) in [6.07, 6.45) is 3.49. The molecule has 1 heterocycles. The zero-order valence-corrected chi connectivity index (χ0v) is 12.2. The van der Waals surface area contributed by atoms with Crippen molar-refractivity contribution >= 4 is 5.78 Å². The molecule has 0 amide bonds. The van der Waals surface area contributed by atoms with Crippen LogP contribution in [-0.4, -0.2) is 37.4 Å². The van der Waals surface area contributed by atoms with Gasteiger partial charge in [0, 0.05) is 0 Å².